The van der Waals surface area contributed by atoms with Crippen LogP contribution >= 0.6 is 0 Å². The van der Waals surface area contributed by atoms with Gasteiger partial charge in [0.1, 0.15) is 0 Å². The van der Waals surface area contributed by atoms with E-state index < -0.39 is 22.1 Å². The normalized spacial score (nSPS) is 10.1. The van der Waals surface area contributed by atoms with E-state index in [1.165, 1.54) is 0 Å². The maximum absolute atomic E-state index is 11.7. The molecule has 0 bridgehead atoms. The molecular weight excluding hydrogens is 184 g/mol. The van der Waals surface area contributed by atoms with Gasteiger partial charge in [0.15, 0.2) is 0 Å². The van der Waals surface area contributed by atoms with Gasteiger partial charge >= 0.3 is 29.1 Å². The number of amides is 1. The fourth-order valence-electron chi connectivity index (χ4n) is 0.396. The molecule has 5 nitrogen and oxygen atoms in total. The van der Waals surface area contributed by atoms with E-state index in [4.69, 9.17) is 5.73 Å². The second-order valence-corrected chi connectivity index (χ2v) is 3.22. The Morgan fingerprint density at radius 2 is 2.00 bits per heavy atom. The molecule has 0 aliphatic rings. The average Bonchev–Trinajstić information content (AvgIpc) is 1.78. The molecule has 0 unspecified atom stereocenters. The number of ether oxygens (including phenoxy) is 1. The van der Waals surface area contributed by atoms with Crippen molar-refractivity contribution >= 4 is 16.3 Å². The van der Waals surface area contributed by atoms with Crippen molar-refractivity contribution in [2.75, 3.05) is 12.4 Å². The Hall–Kier alpha value is -0.253. The van der Waals surface area contributed by atoms with Crippen LogP contribution in [0, 0.1) is 0 Å². The fourth-order valence-corrected chi connectivity index (χ4v) is 0.859. The molecule has 0 saturated carbocycles. The van der Waals surface area contributed by atoms with Crippen molar-refractivity contribution in [1.29, 1.82) is 0 Å². The van der Waals surface area contributed by atoms with E-state index in [1.807, 2.05) is 0 Å². The first-order valence-electron chi connectivity index (χ1n) is 2.72. The minimum absolute atomic E-state index is 0. The number of halogens is 1. The first-order chi connectivity index (χ1) is 4.92. The average molecular weight is 191 g/mol. The summed E-state index contributed by atoms with van der Waals surface area (Å²) < 4.78 is 35.4. The van der Waals surface area contributed by atoms with Crippen LogP contribution in [0.4, 0.5) is 8.68 Å². The third-order valence-electron chi connectivity index (χ3n) is 0.766. The summed E-state index contributed by atoms with van der Waals surface area (Å²) in [5.41, 5.74) is 6.21. The van der Waals surface area contributed by atoms with Gasteiger partial charge in [-0.1, -0.05) is 0 Å². The van der Waals surface area contributed by atoms with Crippen molar-refractivity contribution < 1.29 is 40.7 Å². The van der Waals surface area contributed by atoms with E-state index in [2.05, 4.69) is 4.74 Å². The standard InChI is InChI=1S/C4H8FNO4S.Li/c5-11(8,9)3-1-2-10-4(6)7;/h1-3H2,(H2,6,7);/q;+1/p-1. The monoisotopic (exact) mass is 191 g/mol. The van der Waals surface area contributed by atoms with Crippen LogP contribution in [0.3, 0.4) is 0 Å². The van der Waals surface area contributed by atoms with Gasteiger partial charge in [0.25, 0.3) is 0 Å². The van der Waals surface area contributed by atoms with Gasteiger partial charge in [-0.25, -0.2) is 0 Å². The summed E-state index contributed by atoms with van der Waals surface area (Å²) in [6.07, 6.45) is -1.37. The van der Waals surface area contributed by atoms with Crippen LogP contribution in [0.5, 0.6) is 0 Å². The Morgan fingerprint density at radius 3 is 2.33 bits per heavy atom. The molecule has 12 heavy (non-hydrogen) atoms. The second kappa shape index (κ2) is 6.28. The zero-order valence-corrected chi connectivity index (χ0v) is 7.36. The minimum atomic E-state index is -4.47. The van der Waals surface area contributed by atoms with E-state index in [9.17, 15) is 17.1 Å². The SMILES string of the molecule is [Li+].[NH-]C(=O)OCCCS(=O)(=O)F. The molecule has 0 aromatic rings. The summed E-state index contributed by atoms with van der Waals surface area (Å²) in [6, 6.07) is 0. The van der Waals surface area contributed by atoms with Gasteiger partial charge in [-0.2, -0.15) is 8.42 Å². The van der Waals surface area contributed by atoms with E-state index in [0.717, 1.165) is 0 Å². The predicted octanol–water partition coefficient (Wildman–Crippen LogP) is -2.13. The second-order valence-electron chi connectivity index (χ2n) is 1.73. The first-order valence-corrected chi connectivity index (χ1v) is 4.28. The summed E-state index contributed by atoms with van der Waals surface area (Å²) >= 11 is 0. The van der Waals surface area contributed by atoms with Crippen LogP contribution in [0.25, 0.3) is 5.73 Å². The van der Waals surface area contributed by atoms with Gasteiger partial charge in [-0.05, 0) is 6.42 Å². The summed E-state index contributed by atoms with van der Waals surface area (Å²) in [5.74, 6) is -0.680. The quantitative estimate of drug-likeness (QED) is 0.288. The van der Waals surface area contributed by atoms with Gasteiger partial charge in [0, 0.05) is 0 Å². The van der Waals surface area contributed by atoms with Crippen molar-refractivity contribution in [2.24, 2.45) is 0 Å². The van der Waals surface area contributed by atoms with E-state index in [0.29, 0.717) is 0 Å². The maximum Gasteiger partial charge on any atom is 1.00 e. The Labute approximate surface area is 81.8 Å². The molecule has 0 spiro atoms. The largest absolute Gasteiger partial charge is 1.00 e. The molecule has 0 aliphatic heterocycles. The zero-order chi connectivity index (χ0) is 8.91. The van der Waals surface area contributed by atoms with Crippen LogP contribution < -0.4 is 18.9 Å². The number of carbonyl (C=O) groups is 1. The predicted molar refractivity (Wildman–Crippen MR) is 35.2 cm³/mol. The number of carbonyl (C=O) groups excluding carboxylic acids is 1. The van der Waals surface area contributed by atoms with Gasteiger partial charge in [0.2, 0.25) is 6.09 Å². The van der Waals surface area contributed by atoms with Crippen molar-refractivity contribution in [2.45, 2.75) is 6.42 Å². The number of nitrogens with one attached hydrogen (secondary N) is 1. The third-order valence-corrected chi connectivity index (χ3v) is 1.54. The summed E-state index contributed by atoms with van der Waals surface area (Å²) in [7, 11) is -4.47. The summed E-state index contributed by atoms with van der Waals surface area (Å²) in [5, 5.41) is 0. The number of hydrogen-bond donors (Lipinski definition) is 0. The minimum Gasteiger partial charge on any atom is -0.632 e. The smallest absolute Gasteiger partial charge is 0.632 e. The first kappa shape index (κ1) is 14.3. The Balaban J connectivity index is 0. The molecular formula is C4H7FLiNO4S. The van der Waals surface area contributed by atoms with E-state index >= 15 is 0 Å². The molecule has 0 aromatic heterocycles. The molecule has 0 fully saturated rings. The molecule has 66 valence electrons. The summed E-state index contributed by atoms with van der Waals surface area (Å²) in [6.45, 7) is -0.245. The molecule has 8 heteroatoms. The van der Waals surface area contributed by atoms with Crippen molar-refractivity contribution in [3.05, 3.63) is 5.73 Å². The molecule has 0 heterocycles. The van der Waals surface area contributed by atoms with Gasteiger partial charge in [-0.15, -0.1) is 3.89 Å². The maximum atomic E-state index is 11.7. The van der Waals surface area contributed by atoms with E-state index in [-0.39, 0.29) is 31.9 Å². The molecule has 0 atom stereocenters. The van der Waals surface area contributed by atoms with Crippen molar-refractivity contribution in [1.82, 2.24) is 0 Å². The molecule has 0 aliphatic carbocycles. The van der Waals surface area contributed by atoms with Crippen molar-refractivity contribution in [3.63, 3.8) is 0 Å². The van der Waals surface area contributed by atoms with Crippen LogP contribution in [0.15, 0.2) is 0 Å². The van der Waals surface area contributed by atoms with Crippen LogP contribution in [0.2, 0.25) is 0 Å². The Morgan fingerprint density at radius 1 is 1.50 bits per heavy atom. The molecule has 1 amide bonds. The molecule has 0 radical (unpaired) electrons. The van der Waals surface area contributed by atoms with Gasteiger partial charge in [0.05, 0.1) is 12.4 Å². The van der Waals surface area contributed by atoms with Gasteiger partial charge in [-0.3, -0.25) is 4.79 Å². The third kappa shape index (κ3) is 12.4. The fraction of sp³-hybridized carbons (Fsp3) is 0.750. The van der Waals surface area contributed by atoms with Crippen LogP contribution in [0.1, 0.15) is 6.42 Å². The topological polar surface area (TPSA) is 84.2 Å². The number of hydrogen-bond acceptors (Lipinski definition) is 4. The van der Waals surface area contributed by atoms with Crippen LogP contribution in [-0.2, 0) is 15.0 Å². The Bertz CT molecular complexity index is 229. The van der Waals surface area contributed by atoms with E-state index in [1.54, 1.807) is 0 Å². The van der Waals surface area contributed by atoms with Gasteiger partial charge < -0.3 is 10.5 Å². The van der Waals surface area contributed by atoms with Crippen molar-refractivity contribution in [3.8, 4) is 0 Å². The molecule has 1 N–H and O–H groups in total. The molecule has 0 rings (SSSR count). The summed E-state index contributed by atoms with van der Waals surface area (Å²) in [4.78, 5) is 9.77. The molecule has 0 saturated heterocycles. The number of rotatable bonds is 4. The zero-order valence-electron chi connectivity index (χ0n) is 6.54. The van der Waals surface area contributed by atoms with Crippen LogP contribution in [-0.4, -0.2) is 26.9 Å². The molecule has 0 aromatic carbocycles. The Kier molecular flexibility index (Phi) is 7.48.